The molecule has 5 aliphatic heterocycles. The standard InChI is InChI=1S/C45H76N2O30/c1-11-20(46-15-4-13(6-48)22(53)27(58)23(15)54)25(56)32(63)42(69-11)75-39-18(9-51)72-44(35(66)30(39)61)74-37-14(7-49)5-16(24(55)28(37)59)47-21-12(2)70-43(33(64)26(21)57)76-40-19(10-52)73-45(36(67)31(40)62)77-38-17(8-50)71-41(68-3)34(65)29(38)60/h4-5,11-12,15-67H,6-10H2,1-3H3/t11?,12?,15-,16-,17?,18?,19?,20+,21+,22-,23?,24?,25-,26-,27-,28+,29+,30+,31+,32?,33?,34?,35?,36?,37+,38+,39+,40+,41-,42+,43+,44+,45+/m1/s1. The third-order valence-corrected chi connectivity index (χ3v) is 15.3. The Morgan fingerprint density at radius 2 is 0.727 bits per heavy atom. The van der Waals surface area contributed by atoms with Gasteiger partial charge in [0.05, 0.1) is 69.4 Å². The first-order valence-corrected chi connectivity index (χ1v) is 25.1. The second kappa shape index (κ2) is 26.6. The van der Waals surface area contributed by atoms with E-state index in [1.54, 1.807) is 0 Å². The van der Waals surface area contributed by atoms with Crippen molar-refractivity contribution in [2.75, 3.05) is 40.1 Å². The third kappa shape index (κ3) is 12.7. The fraction of sp³-hybridized carbons (Fsp3) is 0.911. The molecular formula is C45H76N2O30. The molecule has 0 aromatic carbocycles. The fourth-order valence-corrected chi connectivity index (χ4v) is 10.7. The van der Waals surface area contributed by atoms with Crippen LogP contribution >= 0.6 is 0 Å². The van der Waals surface area contributed by atoms with Crippen molar-refractivity contribution < 1.29 is 149 Å². The molecule has 446 valence electrons. The fourth-order valence-electron chi connectivity index (χ4n) is 10.7. The molecule has 7 aliphatic rings. The van der Waals surface area contributed by atoms with E-state index in [9.17, 15) is 102 Å². The summed E-state index contributed by atoms with van der Waals surface area (Å²) in [4.78, 5) is 0. The van der Waals surface area contributed by atoms with Gasteiger partial charge in [0.15, 0.2) is 31.5 Å². The Morgan fingerprint density at radius 1 is 0.390 bits per heavy atom. The molecule has 0 aromatic rings. The summed E-state index contributed by atoms with van der Waals surface area (Å²) in [5.41, 5.74) is -0.158. The first-order valence-electron chi connectivity index (χ1n) is 25.1. The summed E-state index contributed by atoms with van der Waals surface area (Å²) < 4.78 is 56.4. The van der Waals surface area contributed by atoms with Crippen LogP contribution in [0.2, 0.25) is 0 Å². The van der Waals surface area contributed by atoms with E-state index in [2.05, 4.69) is 10.6 Å². The molecule has 32 heteroatoms. The molecule has 77 heavy (non-hydrogen) atoms. The van der Waals surface area contributed by atoms with Crippen molar-refractivity contribution >= 4 is 0 Å². The maximum absolute atomic E-state index is 11.4. The van der Waals surface area contributed by atoms with E-state index in [0.29, 0.717) is 0 Å². The highest BCUT2D eigenvalue weighted by molar-refractivity contribution is 5.24. The number of ether oxygens (including phenoxy) is 10. The van der Waals surface area contributed by atoms with Crippen LogP contribution in [0, 0.1) is 0 Å². The number of methoxy groups -OCH3 is 1. The largest absolute Gasteiger partial charge is 0.394 e. The molecule has 5 heterocycles. The van der Waals surface area contributed by atoms with Crippen molar-refractivity contribution in [1.82, 2.24) is 10.6 Å². The van der Waals surface area contributed by atoms with Crippen LogP contribution in [-0.2, 0) is 47.4 Å². The maximum atomic E-state index is 11.4. The summed E-state index contributed by atoms with van der Waals surface area (Å²) in [6.07, 6.45) is -47.0. The van der Waals surface area contributed by atoms with Gasteiger partial charge in [-0.3, -0.25) is 0 Å². The van der Waals surface area contributed by atoms with Gasteiger partial charge < -0.3 is 160 Å². The summed E-state index contributed by atoms with van der Waals surface area (Å²) in [5, 5.41) is 221. The number of aliphatic hydroxyl groups excluding tert-OH is 20. The molecule has 0 radical (unpaired) electrons. The zero-order valence-electron chi connectivity index (χ0n) is 41.8. The lowest BCUT2D eigenvalue weighted by molar-refractivity contribution is -0.375. The zero-order chi connectivity index (χ0) is 56.6. The number of hydrogen-bond acceptors (Lipinski definition) is 32. The number of nitrogens with one attached hydrogen (secondary N) is 2. The summed E-state index contributed by atoms with van der Waals surface area (Å²) in [6.45, 7) is -1.24. The first-order chi connectivity index (χ1) is 36.5. The van der Waals surface area contributed by atoms with Gasteiger partial charge in [-0.15, -0.1) is 0 Å². The SMILES string of the molecule is CO[C@@H]1OC(CO)[C@H](O[C@@H]2OC(CO)[C@H](O[C@@H]3OC(C)[C@H](N[C@@H]4C=C(CO)[C@H](O[C@@H]5OC(CO)[C@H](O[C@@H]6OC(C)[C@H](N[C@@H]7C=C(CO)[C@@H](O)[C@@H](O)C7O)[C@@H](O)C6O)[C@@H](O)C5O)[C@@H](O)C4O)[C@@H](O)C3O)[C@@H](O)C2O)[C@@H](O)C1O. The second-order valence-electron chi connectivity index (χ2n) is 20.2. The molecule has 33 atom stereocenters. The molecule has 12 unspecified atom stereocenters. The topological polar surface area (TPSA) is 521 Å². The minimum atomic E-state index is -2.06. The van der Waals surface area contributed by atoms with Gasteiger partial charge in [-0.1, -0.05) is 12.2 Å². The van der Waals surface area contributed by atoms with Crippen molar-refractivity contribution in [3.63, 3.8) is 0 Å². The van der Waals surface area contributed by atoms with Gasteiger partial charge in [-0.25, -0.2) is 0 Å². The Hall–Kier alpha value is -1.80. The number of rotatable bonds is 18. The van der Waals surface area contributed by atoms with E-state index in [-0.39, 0.29) is 11.1 Å². The summed E-state index contributed by atoms with van der Waals surface area (Å²) >= 11 is 0. The summed E-state index contributed by atoms with van der Waals surface area (Å²) in [5.74, 6) is 0. The molecule has 22 N–H and O–H groups in total. The lowest BCUT2D eigenvalue weighted by Crippen LogP contribution is -2.69. The Balaban J connectivity index is 0.949. The van der Waals surface area contributed by atoms with E-state index < -0.39 is 235 Å². The highest BCUT2D eigenvalue weighted by atomic mass is 16.8. The van der Waals surface area contributed by atoms with Crippen molar-refractivity contribution in [2.24, 2.45) is 0 Å². The molecule has 0 amide bonds. The average Bonchev–Trinajstić information content (AvgIpc) is 3.42. The van der Waals surface area contributed by atoms with Gasteiger partial charge in [0.2, 0.25) is 0 Å². The Labute approximate surface area is 438 Å². The van der Waals surface area contributed by atoms with Crippen molar-refractivity contribution in [3.05, 3.63) is 23.3 Å². The molecule has 2 aliphatic carbocycles. The number of aliphatic hydroxyl groups is 20. The Kier molecular flexibility index (Phi) is 21.7. The molecule has 0 saturated carbocycles. The molecule has 0 bridgehead atoms. The molecule has 5 saturated heterocycles. The summed E-state index contributed by atoms with van der Waals surface area (Å²) in [7, 11) is 1.18. The van der Waals surface area contributed by atoms with E-state index in [4.69, 9.17) is 47.4 Å². The Bertz CT molecular complexity index is 1930. The molecule has 5 fully saturated rings. The second-order valence-corrected chi connectivity index (χ2v) is 20.2. The predicted octanol–water partition coefficient (Wildman–Crippen LogP) is -13.3. The van der Waals surface area contributed by atoms with Gasteiger partial charge in [0.25, 0.3) is 0 Å². The molecular weight excluding hydrogens is 1050 g/mol. The van der Waals surface area contributed by atoms with Crippen LogP contribution in [0.1, 0.15) is 13.8 Å². The lowest BCUT2D eigenvalue weighted by atomic mass is 9.86. The lowest BCUT2D eigenvalue weighted by Gasteiger charge is -2.49. The van der Waals surface area contributed by atoms with Crippen LogP contribution in [0.3, 0.4) is 0 Å². The van der Waals surface area contributed by atoms with Crippen LogP contribution < -0.4 is 10.6 Å². The highest BCUT2D eigenvalue weighted by Crippen LogP contribution is 2.36. The summed E-state index contributed by atoms with van der Waals surface area (Å²) in [6, 6.07) is -4.95. The zero-order valence-corrected chi connectivity index (χ0v) is 41.8. The van der Waals surface area contributed by atoms with Crippen LogP contribution in [0.25, 0.3) is 0 Å². The van der Waals surface area contributed by atoms with Gasteiger partial charge in [0.1, 0.15) is 134 Å². The smallest absolute Gasteiger partial charge is 0.187 e. The van der Waals surface area contributed by atoms with E-state index in [0.717, 1.165) is 0 Å². The quantitative estimate of drug-likeness (QED) is 0.0567. The predicted molar refractivity (Wildman–Crippen MR) is 244 cm³/mol. The highest BCUT2D eigenvalue weighted by Gasteiger charge is 2.56. The van der Waals surface area contributed by atoms with Crippen molar-refractivity contribution in [1.29, 1.82) is 0 Å². The normalized spacial score (nSPS) is 52.0. The van der Waals surface area contributed by atoms with Crippen LogP contribution in [0.4, 0.5) is 0 Å². The van der Waals surface area contributed by atoms with Crippen molar-refractivity contribution in [2.45, 2.75) is 216 Å². The van der Waals surface area contributed by atoms with Crippen LogP contribution in [-0.4, -0.2) is 344 Å². The molecule has 0 aromatic heterocycles. The molecule has 7 rings (SSSR count). The van der Waals surface area contributed by atoms with Gasteiger partial charge >= 0.3 is 0 Å². The van der Waals surface area contributed by atoms with Crippen LogP contribution in [0.15, 0.2) is 23.3 Å². The van der Waals surface area contributed by atoms with E-state index in [1.807, 2.05) is 0 Å². The van der Waals surface area contributed by atoms with Gasteiger partial charge in [-0.2, -0.15) is 0 Å². The minimum Gasteiger partial charge on any atom is -0.394 e. The third-order valence-electron chi connectivity index (χ3n) is 15.3. The number of hydrogen-bond donors (Lipinski definition) is 22. The van der Waals surface area contributed by atoms with Gasteiger partial charge in [-0.05, 0) is 25.0 Å². The van der Waals surface area contributed by atoms with Crippen molar-refractivity contribution in [3.8, 4) is 0 Å². The Morgan fingerprint density at radius 3 is 1.12 bits per heavy atom. The maximum Gasteiger partial charge on any atom is 0.187 e. The molecule has 32 nitrogen and oxygen atoms in total. The van der Waals surface area contributed by atoms with Gasteiger partial charge in [0, 0.05) is 7.11 Å². The monoisotopic (exact) mass is 1120 g/mol. The average molecular weight is 1130 g/mol. The van der Waals surface area contributed by atoms with Crippen LogP contribution in [0.5, 0.6) is 0 Å². The van der Waals surface area contributed by atoms with E-state index in [1.165, 1.54) is 33.1 Å². The minimum absolute atomic E-state index is 0.0181. The first kappa shape index (κ1) is 62.8. The van der Waals surface area contributed by atoms with E-state index >= 15 is 0 Å². The molecule has 0 spiro atoms.